The van der Waals surface area contributed by atoms with Gasteiger partial charge in [0.15, 0.2) is 0 Å². The zero-order valence-electron chi connectivity index (χ0n) is 9.16. The van der Waals surface area contributed by atoms with E-state index < -0.39 is 10.8 Å². The van der Waals surface area contributed by atoms with Gasteiger partial charge in [-0.25, -0.2) is 4.98 Å². The van der Waals surface area contributed by atoms with Crippen molar-refractivity contribution in [3.63, 3.8) is 0 Å². The third kappa shape index (κ3) is 2.91. The molecule has 16 heavy (non-hydrogen) atoms. The smallest absolute Gasteiger partial charge is 0.252 e. The lowest BCUT2D eigenvalue weighted by Gasteiger charge is -2.22. The molecular weight excluding hydrogens is 226 g/mol. The standard InChI is InChI=1S/C10H15N3O2S/c1-7-11-9(6-10(14)12-7)13-8-2-4-16(15)5-3-8/h6,8H,2-5H2,1H3,(H2,11,12,13,14). The van der Waals surface area contributed by atoms with E-state index in [4.69, 9.17) is 0 Å². The fourth-order valence-corrected chi connectivity index (χ4v) is 3.10. The number of hydrogen-bond donors (Lipinski definition) is 2. The van der Waals surface area contributed by atoms with Crippen LogP contribution in [0.2, 0.25) is 0 Å². The summed E-state index contributed by atoms with van der Waals surface area (Å²) >= 11 is 0. The Bertz CT molecular complexity index is 448. The number of H-pyrrole nitrogens is 1. The molecule has 1 fully saturated rings. The Balaban J connectivity index is 2.03. The zero-order valence-corrected chi connectivity index (χ0v) is 9.97. The van der Waals surface area contributed by atoms with Crippen LogP contribution in [-0.4, -0.2) is 31.7 Å². The molecule has 0 bridgehead atoms. The monoisotopic (exact) mass is 241 g/mol. The lowest BCUT2D eigenvalue weighted by Crippen LogP contribution is -2.30. The molecule has 0 radical (unpaired) electrons. The Kier molecular flexibility index (Phi) is 3.38. The molecule has 0 spiro atoms. The fourth-order valence-electron chi connectivity index (χ4n) is 1.80. The van der Waals surface area contributed by atoms with Gasteiger partial charge in [-0.05, 0) is 19.8 Å². The number of nitrogens with zero attached hydrogens (tertiary/aromatic N) is 1. The molecule has 2 N–H and O–H groups in total. The predicted molar refractivity (Wildman–Crippen MR) is 64.1 cm³/mol. The van der Waals surface area contributed by atoms with Crippen molar-refractivity contribution >= 4 is 16.6 Å². The van der Waals surface area contributed by atoms with Crippen LogP contribution in [-0.2, 0) is 10.8 Å². The van der Waals surface area contributed by atoms with Gasteiger partial charge in [0, 0.05) is 34.4 Å². The molecule has 0 atom stereocenters. The average molecular weight is 241 g/mol. The second kappa shape index (κ2) is 4.78. The normalized spacial score (nSPS) is 25.3. The van der Waals surface area contributed by atoms with Crippen molar-refractivity contribution in [3.8, 4) is 0 Å². The predicted octanol–water partition coefficient (Wildman–Crippen LogP) is 0.401. The van der Waals surface area contributed by atoms with E-state index in [0.29, 0.717) is 11.6 Å². The average Bonchev–Trinajstić information content (AvgIpc) is 2.20. The van der Waals surface area contributed by atoms with E-state index in [-0.39, 0.29) is 11.6 Å². The molecule has 2 heterocycles. The highest BCUT2D eigenvalue weighted by Gasteiger charge is 2.17. The highest BCUT2D eigenvalue weighted by atomic mass is 32.2. The molecule has 1 aromatic heterocycles. The van der Waals surface area contributed by atoms with Crippen LogP contribution in [0.3, 0.4) is 0 Å². The van der Waals surface area contributed by atoms with Crippen molar-refractivity contribution in [2.45, 2.75) is 25.8 Å². The highest BCUT2D eigenvalue weighted by Crippen LogP contribution is 2.13. The third-order valence-electron chi connectivity index (χ3n) is 2.60. The van der Waals surface area contributed by atoms with Gasteiger partial charge in [-0.2, -0.15) is 0 Å². The van der Waals surface area contributed by atoms with E-state index in [1.807, 2.05) is 0 Å². The molecule has 1 aliphatic rings. The van der Waals surface area contributed by atoms with Crippen molar-refractivity contribution in [1.29, 1.82) is 0 Å². The lowest BCUT2D eigenvalue weighted by atomic mass is 10.1. The largest absolute Gasteiger partial charge is 0.367 e. The van der Waals surface area contributed by atoms with Crippen LogP contribution in [0.25, 0.3) is 0 Å². The number of anilines is 1. The maximum Gasteiger partial charge on any atom is 0.252 e. The SMILES string of the molecule is Cc1nc(NC2CCS(=O)CC2)cc(=O)[nH]1. The summed E-state index contributed by atoms with van der Waals surface area (Å²) in [5, 5.41) is 3.22. The minimum Gasteiger partial charge on any atom is -0.367 e. The quantitative estimate of drug-likeness (QED) is 0.786. The summed E-state index contributed by atoms with van der Waals surface area (Å²) in [7, 11) is -0.656. The van der Waals surface area contributed by atoms with Crippen LogP contribution in [0, 0.1) is 6.92 Å². The van der Waals surface area contributed by atoms with Gasteiger partial charge in [0.25, 0.3) is 5.56 Å². The summed E-state index contributed by atoms with van der Waals surface area (Å²) in [6, 6.07) is 1.74. The topological polar surface area (TPSA) is 74.8 Å². The van der Waals surface area contributed by atoms with Crippen molar-refractivity contribution in [1.82, 2.24) is 9.97 Å². The first-order chi connectivity index (χ1) is 7.63. The van der Waals surface area contributed by atoms with E-state index in [2.05, 4.69) is 15.3 Å². The van der Waals surface area contributed by atoms with Gasteiger partial charge in [0.1, 0.15) is 11.6 Å². The maximum absolute atomic E-state index is 11.2. The van der Waals surface area contributed by atoms with Gasteiger partial charge < -0.3 is 10.3 Å². The van der Waals surface area contributed by atoms with Crippen LogP contribution in [0.5, 0.6) is 0 Å². The lowest BCUT2D eigenvalue weighted by molar-refractivity contribution is 0.622. The molecule has 0 saturated carbocycles. The second-order valence-electron chi connectivity index (χ2n) is 3.98. The number of aromatic amines is 1. The molecule has 88 valence electrons. The molecule has 0 amide bonds. The minimum absolute atomic E-state index is 0.144. The summed E-state index contributed by atoms with van der Waals surface area (Å²) in [5.74, 6) is 2.69. The van der Waals surface area contributed by atoms with Crippen molar-refractivity contribution in [2.75, 3.05) is 16.8 Å². The summed E-state index contributed by atoms with van der Waals surface area (Å²) in [6.45, 7) is 1.75. The number of hydrogen-bond acceptors (Lipinski definition) is 4. The maximum atomic E-state index is 11.2. The molecule has 6 heteroatoms. The van der Waals surface area contributed by atoms with E-state index in [9.17, 15) is 9.00 Å². The molecule has 5 nitrogen and oxygen atoms in total. The van der Waals surface area contributed by atoms with Crippen LogP contribution >= 0.6 is 0 Å². The zero-order chi connectivity index (χ0) is 11.5. The molecular formula is C10H15N3O2S. The Morgan fingerprint density at radius 1 is 1.50 bits per heavy atom. The van der Waals surface area contributed by atoms with Gasteiger partial charge in [-0.15, -0.1) is 0 Å². The second-order valence-corrected chi connectivity index (χ2v) is 5.68. The number of nitrogens with one attached hydrogen (secondary N) is 2. The summed E-state index contributed by atoms with van der Waals surface area (Å²) < 4.78 is 11.2. The van der Waals surface area contributed by atoms with E-state index in [1.54, 1.807) is 6.92 Å². The highest BCUT2D eigenvalue weighted by molar-refractivity contribution is 7.85. The molecule has 2 rings (SSSR count). The van der Waals surface area contributed by atoms with Crippen molar-refractivity contribution in [3.05, 3.63) is 22.2 Å². The molecule has 1 saturated heterocycles. The van der Waals surface area contributed by atoms with Gasteiger partial charge in [-0.1, -0.05) is 0 Å². The number of rotatable bonds is 2. The number of aromatic nitrogens is 2. The van der Waals surface area contributed by atoms with E-state index in [0.717, 1.165) is 24.3 Å². The first-order valence-corrected chi connectivity index (χ1v) is 6.82. The van der Waals surface area contributed by atoms with Crippen LogP contribution < -0.4 is 10.9 Å². The fraction of sp³-hybridized carbons (Fsp3) is 0.600. The third-order valence-corrected chi connectivity index (χ3v) is 3.98. The molecule has 0 unspecified atom stereocenters. The Labute approximate surface area is 96.1 Å². The van der Waals surface area contributed by atoms with E-state index in [1.165, 1.54) is 6.07 Å². The summed E-state index contributed by atoms with van der Waals surface area (Å²) in [5.41, 5.74) is -0.144. The summed E-state index contributed by atoms with van der Waals surface area (Å²) in [6.07, 6.45) is 1.75. The molecule has 1 aromatic rings. The van der Waals surface area contributed by atoms with Gasteiger partial charge in [-0.3, -0.25) is 9.00 Å². The number of aryl methyl sites for hydroxylation is 1. The summed E-state index contributed by atoms with van der Waals surface area (Å²) in [4.78, 5) is 18.0. The Morgan fingerprint density at radius 3 is 2.81 bits per heavy atom. The van der Waals surface area contributed by atoms with Crippen LogP contribution in [0.15, 0.2) is 10.9 Å². The van der Waals surface area contributed by atoms with Gasteiger partial charge in [0.05, 0.1) is 0 Å². The molecule has 0 aliphatic carbocycles. The van der Waals surface area contributed by atoms with Crippen molar-refractivity contribution < 1.29 is 4.21 Å². The van der Waals surface area contributed by atoms with Crippen LogP contribution in [0.4, 0.5) is 5.82 Å². The Morgan fingerprint density at radius 2 is 2.19 bits per heavy atom. The van der Waals surface area contributed by atoms with E-state index >= 15 is 0 Å². The van der Waals surface area contributed by atoms with Gasteiger partial charge >= 0.3 is 0 Å². The minimum atomic E-state index is -0.656. The first kappa shape index (κ1) is 11.3. The van der Waals surface area contributed by atoms with Gasteiger partial charge in [0.2, 0.25) is 0 Å². The first-order valence-electron chi connectivity index (χ1n) is 5.33. The molecule has 0 aromatic carbocycles. The molecule has 1 aliphatic heterocycles. The van der Waals surface area contributed by atoms with Crippen molar-refractivity contribution in [2.24, 2.45) is 0 Å². The van der Waals surface area contributed by atoms with Crippen LogP contribution in [0.1, 0.15) is 18.7 Å². The Hall–Kier alpha value is -1.17.